The SMILES string of the molecule is CCC.CNc1ccc(NC(=O)CN2CCC(N(C)C)CC2)cc1OC. The Labute approximate surface area is 158 Å². The summed E-state index contributed by atoms with van der Waals surface area (Å²) < 4.78 is 5.31. The Kier molecular flexibility index (Phi) is 10.1. The minimum Gasteiger partial charge on any atom is -0.495 e. The van der Waals surface area contributed by atoms with Crippen LogP contribution < -0.4 is 15.4 Å². The van der Waals surface area contributed by atoms with Crippen molar-refractivity contribution >= 4 is 17.3 Å². The van der Waals surface area contributed by atoms with Crippen LogP contribution in [0, 0.1) is 0 Å². The van der Waals surface area contributed by atoms with E-state index in [9.17, 15) is 4.79 Å². The number of anilines is 2. The molecule has 0 aliphatic carbocycles. The molecule has 6 heteroatoms. The van der Waals surface area contributed by atoms with E-state index < -0.39 is 0 Å². The maximum Gasteiger partial charge on any atom is 0.238 e. The number of carbonyl (C=O) groups excluding carboxylic acids is 1. The molecule has 1 aromatic rings. The molecular weight excluding hydrogens is 328 g/mol. The minimum absolute atomic E-state index is 0.0209. The number of carbonyl (C=O) groups is 1. The van der Waals surface area contributed by atoms with E-state index in [0.29, 0.717) is 12.6 Å². The standard InChI is InChI=1S/C17H28N4O2.C3H8/c1-18-15-6-5-13(11-16(15)23-4)19-17(22)12-21-9-7-14(8-10-21)20(2)3;1-3-2/h5-6,11,14,18H,7-10,12H2,1-4H3,(H,19,22);3H2,1-2H3. The topological polar surface area (TPSA) is 56.8 Å². The lowest BCUT2D eigenvalue weighted by atomic mass is 10.0. The molecule has 1 amide bonds. The first-order valence-electron chi connectivity index (χ1n) is 9.49. The van der Waals surface area contributed by atoms with Crippen molar-refractivity contribution in [1.29, 1.82) is 0 Å². The van der Waals surface area contributed by atoms with Crippen LogP contribution in [0.25, 0.3) is 0 Å². The lowest BCUT2D eigenvalue weighted by Crippen LogP contribution is -2.44. The smallest absolute Gasteiger partial charge is 0.238 e. The van der Waals surface area contributed by atoms with E-state index in [2.05, 4.69) is 48.4 Å². The number of piperidine rings is 1. The summed E-state index contributed by atoms with van der Waals surface area (Å²) in [4.78, 5) is 16.7. The van der Waals surface area contributed by atoms with Gasteiger partial charge in [-0.15, -0.1) is 0 Å². The van der Waals surface area contributed by atoms with Crippen molar-refractivity contribution in [3.05, 3.63) is 18.2 Å². The van der Waals surface area contributed by atoms with Gasteiger partial charge in [-0.05, 0) is 39.1 Å². The quantitative estimate of drug-likeness (QED) is 0.812. The molecule has 1 aliphatic rings. The van der Waals surface area contributed by atoms with Gasteiger partial charge in [0, 0.05) is 37.9 Å². The van der Waals surface area contributed by atoms with Gasteiger partial charge in [-0.25, -0.2) is 0 Å². The minimum atomic E-state index is 0.0209. The van der Waals surface area contributed by atoms with Crippen molar-refractivity contribution < 1.29 is 9.53 Å². The first-order chi connectivity index (χ1) is 12.4. The van der Waals surface area contributed by atoms with Crippen LogP contribution in [0.1, 0.15) is 33.1 Å². The van der Waals surface area contributed by atoms with Crippen molar-refractivity contribution in [1.82, 2.24) is 9.80 Å². The summed E-state index contributed by atoms with van der Waals surface area (Å²) in [5.41, 5.74) is 1.66. The van der Waals surface area contributed by atoms with Crippen LogP contribution in [-0.4, -0.2) is 69.6 Å². The Hall–Kier alpha value is -1.79. The molecule has 2 rings (SSSR count). The molecule has 0 aromatic heterocycles. The van der Waals surface area contributed by atoms with Gasteiger partial charge in [-0.2, -0.15) is 0 Å². The first-order valence-corrected chi connectivity index (χ1v) is 9.49. The Morgan fingerprint density at radius 2 is 1.88 bits per heavy atom. The molecule has 148 valence electrons. The number of benzene rings is 1. The maximum atomic E-state index is 12.2. The molecule has 0 bridgehead atoms. The maximum absolute atomic E-state index is 12.2. The van der Waals surface area contributed by atoms with Gasteiger partial charge in [0.05, 0.1) is 19.3 Å². The van der Waals surface area contributed by atoms with Crippen LogP contribution >= 0.6 is 0 Å². The van der Waals surface area contributed by atoms with Crippen molar-refractivity contribution in [2.75, 3.05) is 58.5 Å². The van der Waals surface area contributed by atoms with Gasteiger partial charge in [-0.1, -0.05) is 20.3 Å². The molecule has 1 fully saturated rings. The van der Waals surface area contributed by atoms with Crippen molar-refractivity contribution in [2.24, 2.45) is 0 Å². The van der Waals surface area contributed by atoms with Gasteiger partial charge >= 0.3 is 0 Å². The van der Waals surface area contributed by atoms with E-state index in [0.717, 1.165) is 43.1 Å². The van der Waals surface area contributed by atoms with Crippen molar-refractivity contribution in [3.63, 3.8) is 0 Å². The Morgan fingerprint density at radius 1 is 1.27 bits per heavy atom. The van der Waals surface area contributed by atoms with Gasteiger partial charge < -0.3 is 20.3 Å². The zero-order chi connectivity index (χ0) is 19.5. The molecule has 0 spiro atoms. The highest BCUT2D eigenvalue weighted by Gasteiger charge is 2.22. The zero-order valence-corrected chi connectivity index (χ0v) is 17.3. The fourth-order valence-corrected chi connectivity index (χ4v) is 2.97. The Bertz CT molecular complexity index is 541. The molecule has 1 aliphatic heterocycles. The lowest BCUT2D eigenvalue weighted by Gasteiger charge is -2.34. The highest BCUT2D eigenvalue weighted by molar-refractivity contribution is 5.92. The molecule has 1 heterocycles. The molecule has 0 saturated carbocycles. The van der Waals surface area contributed by atoms with Crippen LogP contribution in [0.3, 0.4) is 0 Å². The Morgan fingerprint density at radius 3 is 2.38 bits per heavy atom. The molecule has 2 N–H and O–H groups in total. The summed E-state index contributed by atoms with van der Waals surface area (Å²) in [5.74, 6) is 0.740. The number of nitrogens with one attached hydrogen (secondary N) is 2. The number of nitrogens with zero attached hydrogens (tertiary/aromatic N) is 2. The number of likely N-dealkylation sites (tertiary alicyclic amines) is 1. The average Bonchev–Trinajstić information content (AvgIpc) is 2.62. The summed E-state index contributed by atoms with van der Waals surface area (Å²) in [6.07, 6.45) is 3.48. The molecule has 1 aromatic carbocycles. The molecule has 0 atom stereocenters. The molecule has 0 unspecified atom stereocenters. The highest BCUT2D eigenvalue weighted by atomic mass is 16.5. The van der Waals surface area contributed by atoms with Gasteiger partial charge in [0.25, 0.3) is 0 Å². The lowest BCUT2D eigenvalue weighted by molar-refractivity contribution is -0.117. The van der Waals surface area contributed by atoms with Gasteiger partial charge in [-0.3, -0.25) is 9.69 Å². The summed E-state index contributed by atoms with van der Waals surface area (Å²) >= 11 is 0. The normalized spacial score (nSPS) is 15.2. The summed E-state index contributed by atoms with van der Waals surface area (Å²) in [6, 6.07) is 6.25. The number of hydrogen-bond acceptors (Lipinski definition) is 5. The van der Waals surface area contributed by atoms with Gasteiger partial charge in [0.1, 0.15) is 5.75 Å². The molecule has 1 saturated heterocycles. The number of amides is 1. The predicted octanol–water partition coefficient (Wildman–Crippen LogP) is 3.12. The molecule has 0 radical (unpaired) electrons. The summed E-state index contributed by atoms with van der Waals surface area (Å²) in [7, 11) is 7.70. The van der Waals surface area contributed by atoms with E-state index in [-0.39, 0.29) is 5.91 Å². The fourth-order valence-electron chi connectivity index (χ4n) is 2.97. The number of hydrogen-bond donors (Lipinski definition) is 2. The van der Waals surface area contributed by atoms with E-state index in [1.54, 1.807) is 7.11 Å². The van der Waals surface area contributed by atoms with Crippen molar-refractivity contribution in [2.45, 2.75) is 39.2 Å². The van der Waals surface area contributed by atoms with Crippen LogP contribution in [0.15, 0.2) is 18.2 Å². The second-order valence-electron chi connectivity index (χ2n) is 6.89. The second kappa shape index (κ2) is 11.8. The summed E-state index contributed by atoms with van der Waals surface area (Å²) in [6.45, 7) is 6.63. The van der Waals surface area contributed by atoms with Gasteiger partial charge in [0.15, 0.2) is 0 Å². The third-order valence-corrected chi connectivity index (χ3v) is 4.41. The largest absolute Gasteiger partial charge is 0.495 e. The van der Waals surface area contributed by atoms with E-state index in [4.69, 9.17) is 4.74 Å². The van der Waals surface area contributed by atoms with Gasteiger partial charge in [0.2, 0.25) is 5.91 Å². The van der Waals surface area contributed by atoms with Crippen LogP contribution in [-0.2, 0) is 4.79 Å². The number of ether oxygens (including phenoxy) is 1. The van der Waals surface area contributed by atoms with E-state index >= 15 is 0 Å². The van der Waals surface area contributed by atoms with Crippen LogP contribution in [0.4, 0.5) is 11.4 Å². The van der Waals surface area contributed by atoms with Crippen molar-refractivity contribution in [3.8, 4) is 5.75 Å². The second-order valence-corrected chi connectivity index (χ2v) is 6.89. The Balaban J connectivity index is 0.00000105. The third-order valence-electron chi connectivity index (χ3n) is 4.41. The van der Waals surface area contributed by atoms with Crippen LogP contribution in [0.2, 0.25) is 0 Å². The first kappa shape index (κ1) is 22.3. The fraction of sp³-hybridized carbons (Fsp3) is 0.650. The molecular formula is C20H36N4O2. The molecule has 26 heavy (non-hydrogen) atoms. The van der Waals surface area contributed by atoms with E-state index in [1.165, 1.54) is 6.42 Å². The molecule has 6 nitrogen and oxygen atoms in total. The number of rotatable bonds is 6. The number of methoxy groups -OCH3 is 1. The predicted molar refractivity (Wildman–Crippen MR) is 110 cm³/mol. The summed E-state index contributed by atoms with van der Waals surface area (Å²) in [5, 5.41) is 6.01. The van der Waals surface area contributed by atoms with Crippen LogP contribution in [0.5, 0.6) is 5.75 Å². The third kappa shape index (κ3) is 7.22. The average molecular weight is 365 g/mol. The monoisotopic (exact) mass is 364 g/mol. The highest BCUT2D eigenvalue weighted by Crippen LogP contribution is 2.27. The van der Waals surface area contributed by atoms with E-state index in [1.807, 2.05) is 25.2 Å². The zero-order valence-electron chi connectivity index (χ0n) is 17.3.